The van der Waals surface area contributed by atoms with Crippen LogP contribution in [-0.4, -0.2) is 14.5 Å². The molecule has 86 valence electrons. The summed E-state index contributed by atoms with van der Waals surface area (Å²) in [6.07, 6.45) is 5.04. The molecule has 1 unspecified atom stereocenters. The second-order valence-electron chi connectivity index (χ2n) is 3.16. The van der Waals surface area contributed by atoms with Crippen molar-refractivity contribution in [1.29, 1.82) is 0 Å². The lowest BCUT2D eigenvalue weighted by Gasteiger charge is -2.11. The van der Waals surface area contributed by atoms with Gasteiger partial charge in [-0.25, -0.2) is 12.8 Å². The topological polar surface area (TPSA) is 72.2 Å². The summed E-state index contributed by atoms with van der Waals surface area (Å²) in [5.41, 5.74) is 4.92. The molecule has 0 radical (unpaired) electrons. The SMILES string of the molecule is C#CC(C)NS(=O)(=O)c1cccc(F)c1N. The number of sulfonamides is 1. The van der Waals surface area contributed by atoms with Gasteiger partial charge < -0.3 is 5.73 Å². The fourth-order valence-corrected chi connectivity index (χ4v) is 2.39. The molecule has 3 N–H and O–H groups in total. The number of nitrogens with one attached hydrogen (secondary N) is 1. The Kier molecular flexibility index (Phi) is 3.52. The Labute approximate surface area is 93.7 Å². The van der Waals surface area contributed by atoms with Crippen LogP contribution in [-0.2, 0) is 10.0 Å². The lowest BCUT2D eigenvalue weighted by atomic mass is 10.3. The number of halogens is 1. The minimum atomic E-state index is -3.88. The number of para-hydroxylation sites is 1. The largest absolute Gasteiger partial charge is 0.395 e. The molecule has 6 heteroatoms. The summed E-state index contributed by atoms with van der Waals surface area (Å²) in [5.74, 6) is 1.42. The number of nitrogen functional groups attached to an aromatic ring is 1. The normalized spacial score (nSPS) is 13.1. The molecule has 1 atom stereocenters. The van der Waals surface area contributed by atoms with Gasteiger partial charge in [0.2, 0.25) is 10.0 Å². The molecule has 1 rings (SSSR count). The smallest absolute Gasteiger partial charge is 0.243 e. The highest BCUT2D eigenvalue weighted by molar-refractivity contribution is 7.89. The lowest BCUT2D eigenvalue weighted by molar-refractivity contribution is 0.575. The van der Waals surface area contributed by atoms with Crippen LogP contribution >= 0.6 is 0 Å². The van der Waals surface area contributed by atoms with E-state index in [0.29, 0.717) is 0 Å². The first-order chi connectivity index (χ1) is 7.38. The maximum Gasteiger partial charge on any atom is 0.243 e. The predicted molar refractivity (Wildman–Crippen MR) is 59.4 cm³/mol. The van der Waals surface area contributed by atoms with E-state index in [1.165, 1.54) is 19.1 Å². The van der Waals surface area contributed by atoms with Crippen LogP contribution in [0.3, 0.4) is 0 Å². The molecule has 16 heavy (non-hydrogen) atoms. The van der Waals surface area contributed by atoms with E-state index in [1.807, 2.05) is 0 Å². The van der Waals surface area contributed by atoms with Crippen molar-refractivity contribution in [3.8, 4) is 12.3 Å². The summed E-state index contributed by atoms with van der Waals surface area (Å²) in [7, 11) is -3.88. The second kappa shape index (κ2) is 4.51. The average Bonchev–Trinajstić information content (AvgIpc) is 2.21. The fraction of sp³-hybridized carbons (Fsp3) is 0.200. The first-order valence-electron chi connectivity index (χ1n) is 4.41. The number of nitrogens with two attached hydrogens (primary N) is 1. The molecule has 0 bridgehead atoms. The second-order valence-corrected chi connectivity index (χ2v) is 4.84. The molecule has 0 spiro atoms. The first-order valence-corrected chi connectivity index (χ1v) is 5.89. The van der Waals surface area contributed by atoms with Gasteiger partial charge in [-0.15, -0.1) is 6.42 Å². The summed E-state index contributed by atoms with van der Waals surface area (Å²) in [6.45, 7) is 1.49. The van der Waals surface area contributed by atoms with Crippen LogP contribution in [0.2, 0.25) is 0 Å². The van der Waals surface area contributed by atoms with E-state index in [4.69, 9.17) is 12.2 Å². The molecule has 0 aliphatic rings. The molecule has 0 amide bonds. The Morgan fingerprint density at radius 1 is 1.56 bits per heavy atom. The standard InChI is InChI=1S/C10H11FN2O2S/c1-3-7(2)13-16(14,15)9-6-4-5-8(11)10(9)12/h1,4-7,13H,12H2,2H3. The van der Waals surface area contributed by atoms with Gasteiger partial charge in [0.1, 0.15) is 10.7 Å². The Morgan fingerprint density at radius 2 is 2.19 bits per heavy atom. The molecule has 0 aliphatic heterocycles. The highest BCUT2D eigenvalue weighted by Gasteiger charge is 2.20. The van der Waals surface area contributed by atoms with E-state index in [0.717, 1.165) is 6.07 Å². The number of anilines is 1. The molecular weight excluding hydrogens is 231 g/mol. The third-order valence-electron chi connectivity index (χ3n) is 1.88. The number of rotatable bonds is 3. The third kappa shape index (κ3) is 2.51. The van der Waals surface area contributed by atoms with Crippen LogP contribution in [0, 0.1) is 18.2 Å². The highest BCUT2D eigenvalue weighted by Crippen LogP contribution is 2.20. The highest BCUT2D eigenvalue weighted by atomic mass is 32.2. The van der Waals surface area contributed by atoms with Crippen LogP contribution in [0.1, 0.15) is 6.92 Å². The molecule has 1 aromatic carbocycles. The summed E-state index contributed by atoms with van der Waals surface area (Å²) in [6, 6.07) is 2.87. The van der Waals surface area contributed by atoms with Crippen molar-refractivity contribution >= 4 is 15.7 Å². The monoisotopic (exact) mass is 242 g/mol. The zero-order valence-electron chi connectivity index (χ0n) is 8.57. The Bertz CT molecular complexity index is 534. The molecule has 0 heterocycles. The van der Waals surface area contributed by atoms with Gasteiger partial charge in [0.25, 0.3) is 0 Å². The van der Waals surface area contributed by atoms with Gasteiger partial charge in [0.05, 0.1) is 11.7 Å². The van der Waals surface area contributed by atoms with E-state index in [2.05, 4.69) is 10.6 Å². The van der Waals surface area contributed by atoms with Gasteiger partial charge in [-0.1, -0.05) is 12.0 Å². The van der Waals surface area contributed by atoms with Gasteiger partial charge >= 0.3 is 0 Å². The molecule has 0 aliphatic carbocycles. The van der Waals surface area contributed by atoms with Gasteiger partial charge in [-0.05, 0) is 19.1 Å². The predicted octanol–water partition coefficient (Wildman–Crippen LogP) is 0.708. The van der Waals surface area contributed by atoms with Crippen molar-refractivity contribution in [3.63, 3.8) is 0 Å². The maximum atomic E-state index is 13.1. The average molecular weight is 242 g/mol. The van der Waals surface area contributed by atoms with E-state index in [-0.39, 0.29) is 4.90 Å². The first kappa shape index (κ1) is 12.5. The lowest BCUT2D eigenvalue weighted by Crippen LogP contribution is -2.32. The van der Waals surface area contributed by atoms with Gasteiger partial charge in [-0.2, -0.15) is 4.72 Å². The number of hydrogen-bond donors (Lipinski definition) is 2. The summed E-state index contributed by atoms with van der Waals surface area (Å²) < 4.78 is 38.7. The number of terminal acetylenes is 1. The van der Waals surface area contributed by atoms with Crippen molar-refractivity contribution in [1.82, 2.24) is 4.72 Å². The molecular formula is C10H11FN2O2S. The zero-order chi connectivity index (χ0) is 12.3. The van der Waals surface area contributed by atoms with Crippen molar-refractivity contribution in [3.05, 3.63) is 24.0 Å². The summed E-state index contributed by atoms with van der Waals surface area (Å²) in [5, 5.41) is 0. The van der Waals surface area contributed by atoms with Crippen LogP contribution in [0.4, 0.5) is 10.1 Å². The van der Waals surface area contributed by atoms with Crippen molar-refractivity contribution in [2.45, 2.75) is 17.9 Å². The molecule has 4 nitrogen and oxygen atoms in total. The fourth-order valence-electron chi connectivity index (χ4n) is 1.08. The number of benzene rings is 1. The van der Waals surface area contributed by atoms with Crippen molar-refractivity contribution in [2.24, 2.45) is 0 Å². The zero-order valence-corrected chi connectivity index (χ0v) is 9.38. The van der Waals surface area contributed by atoms with Gasteiger partial charge in [0, 0.05) is 0 Å². The quantitative estimate of drug-likeness (QED) is 0.605. The van der Waals surface area contributed by atoms with Crippen molar-refractivity contribution < 1.29 is 12.8 Å². The van der Waals surface area contributed by atoms with E-state index >= 15 is 0 Å². The minimum Gasteiger partial charge on any atom is -0.395 e. The molecule has 0 fully saturated rings. The van der Waals surface area contributed by atoms with Crippen molar-refractivity contribution in [2.75, 3.05) is 5.73 Å². The Morgan fingerprint density at radius 3 is 2.75 bits per heavy atom. The molecule has 1 aromatic rings. The Hall–Kier alpha value is -1.58. The third-order valence-corrected chi connectivity index (χ3v) is 3.48. The summed E-state index contributed by atoms with van der Waals surface area (Å²) >= 11 is 0. The van der Waals surface area contributed by atoms with Crippen LogP contribution in [0.15, 0.2) is 23.1 Å². The molecule has 0 aromatic heterocycles. The Balaban J connectivity index is 3.19. The van der Waals surface area contributed by atoms with Crippen LogP contribution in [0.5, 0.6) is 0 Å². The van der Waals surface area contributed by atoms with E-state index in [9.17, 15) is 12.8 Å². The van der Waals surface area contributed by atoms with E-state index in [1.54, 1.807) is 0 Å². The van der Waals surface area contributed by atoms with Gasteiger partial charge in [-0.3, -0.25) is 0 Å². The van der Waals surface area contributed by atoms with Crippen LogP contribution in [0.25, 0.3) is 0 Å². The maximum absolute atomic E-state index is 13.1. The minimum absolute atomic E-state index is 0.311. The number of hydrogen-bond acceptors (Lipinski definition) is 3. The molecule has 0 saturated heterocycles. The molecule has 0 saturated carbocycles. The van der Waals surface area contributed by atoms with Gasteiger partial charge in [0.15, 0.2) is 0 Å². The summed E-state index contributed by atoms with van der Waals surface area (Å²) in [4.78, 5) is -0.311. The van der Waals surface area contributed by atoms with Crippen LogP contribution < -0.4 is 10.5 Å². The van der Waals surface area contributed by atoms with E-state index < -0.39 is 27.6 Å².